The van der Waals surface area contributed by atoms with Crippen molar-refractivity contribution in [3.63, 3.8) is 0 Å². The van der Waals surface area contributed by atoms with Crippen molar-refractivity contribution in [3.8, 4) is 0 Å². The molecule has 0 atom stereocenters. The van der Waals surface area contributed by atoms with Crippen molar-refractivity contribution < 1.29 is 19.1 Å². The fraction of sp³-hybridized carbons (Fsp3) is 0.192. The molecule has 0 radical (unpaired) electrons. The summed E-state index contributed by atoms with van der Waals surface area (Å²) in [6.45, 7) is 5.13. The number of carbonyl (C=O) groups is 3. The minimum absolute atomic E-state index is 0.0364. The number of ether oxygens (including phenoxy) is 1. The second kappa shape index (κ2) is 10.8. The lowest BCUT2D eigenvalue weighted by Gasteiger charge is -2.11. The van der Waals surface area contributed by atoms with Crippen molar-refractivity contribution >= 4 is 35.3 Å². The Balaban J connectivity index is 1.73. The fourth-order valence-electron chi connectivity index (χ4n) is 3.46. The number of esters is 1. The summed E-state index contributed by atoms with van der Waals surface area (Å²) in [4.78, 5) is 36.9. The SMILES string of the molecule is CC(=O)N/C(=C/c1ccccc1)C(=O)OCC(=O)c1cc(C)n(Cc2ccccc2Cl)c1C. The van der Waals surface area contributed by atoms with Gasteiger partial charge in [-0.25, -0.2) is 4.79 Å². The average Bonchev–Trinajstić information content (AvgIpc) is 3.07. The molecule has 3 aromatic rings. The Hall–Kier alpha value is -3.64. The van der Waals surface area contributed by atoms with Crippen LogP contribution in [0.4, 0.5) is 0 Å². The monoisotopic (exact) mass is 464 g/mol. The quantitative estimate of drug-likeness (QED) is 0.297. The second-order valence-electron chi connectivity index (χ2n) is 7.61. The summed E-state index contributed by atoms with van der Waals surface area (Å²) >= 11 is 6.28. The summed E-state index contributed by atoms with van der Waals surface area (Å²) in [5.41, 5.74) is 3.75. The van der Waals surface area contributed by atoms with Crippen molar-refractivity contribution in [2.75, 3.05) is 6.61 Å². The number of benzene rings is 2. The lowest BCUT2D eigenvalue weighted by atomic mass is 10.1. The molecule has 1 aromatic heterocycles. The van der Waals surface area contributed by atoms with Gasteiger partial charge in [0.25, 0.3) is 0 Å². The van der Waals surface area contributed by atoms with Gasteiger partial charge in [-0.1, -0.05) is 60.1 Å². The Bertz CT molecular complexity index is 1210. The first kappa shape index (κ1) is 24.0. The van der Waals surface area contributed by atoms with Gasteiger partial charge >= 0.3 is 5.97 Å². The zero-order chi connectivity index (χ0) is 24.0. The number of aryl methyl sites for hydroxylation is 1. The number of hydrogen-bond acceptors (Lipinski definition) is 4. The maximum absolute atomic E-state index is 12.8. The molecule has 7 heteroatoms. The highest BCUT2D eigenvalue weighted by atomic mass is 35.5. The Morgan fingerprint density at radius 1 is 1.03 bits per heavy atom. The van der Waals surface area contributed by atoms with E-state index in [4.69, 9.17) is 16.3 Å². The zero-order valence-corrected chi connectivity index (χ0v) is 19.5. The first-order valence-electron chi connectivity index (χ1n) is 10.4. The van der Waals surface area contributed by atoms with Gasteiger partial charge in [0.15, 0.2) is 6.61 Å². The highest BCUT2D eigenvalue weighted by molar-refractivity contribution is 6.31. The summed E-state index contributed by atoms with van der Waals surface area (Å²) in [7, 11) is 0. The molecule has 0 saturated carbocycles. The van der Waals surface area contributed by atoms with Gasteiger partial charge in [0.2, 0.25) is 11.7 Å². The number of aromatic nitrogens is 1. The molecule has 1 heterocycles. The summed E-state index contributed by atoms with van der Waals surface area (Å²) in [6.07, 6.45) is 1.50. The molecular formula is C26H25ClN2O4. The van der Waals surface area contributed by atoms with Gasteiger partial charge in [-0.05, 0) is 43.2 Å². The van der Waals surface area contributed by atoms with Crippen molar-refractivity contribution in [1.29, 1.82) is 0 Å². The molecule has 0 aliphatic rings. The van der Waals surface area contributed by atoms with E-state index >= 15 is 0 Å². The average molecular weight is 465 g/mol. The van der Waals surface area contributed by atoms with Crippen LogP contribution < -0.4 is 5.32 Å². The Morgan fingerprint density at radius 3 is 2.36 bits per heavy atom. The van der Waals surface area contributed by atoms with Gasteiger partial charge < -0.3 is 14.6 Å². The van der Waals surface area contributed by atoms with Gasteiger partial charge in [-0.3, -0.25) is 9.59 Å². The maximum atomic E-state index is 12.8. The van der Waals surface area contributed by atoms with Crippen molar-refractivity contribution in [2.24, 2.45) is 0 Å². The van der Waals surface area contributed by atoms with Crippen molar-refractivity contribution in [2.45, 2.75) is 27.3 Å². The molecule has 0 fully saturated rings. The standard InChI is InChI=1S/C26H25ClN2O4/c1-17-13-22(18(2)29(17)15-21-11-7-8-12-23(21)27)25(31)16-33-26(32)24(28-19(3)30)14-20-9-5-4-6-10-20/h4-14H,15-16H2,1-3H3,(H,28,30)/b24-14+. The molecule has 1 N–H and O–H groups in total. The Kier molecular flexibility index (Phi) is 7.85. The van der Waals surface area contributed by atoms with E-state index in [2.05, 4.69) is 5.32 Å². The van der Waals surface area contributed by atoms with Crippen LogP contribution in [0.15, 0.2) is 66.4 Å². The number of nitrogens with one attached hydrogen (secondary N) is 1. The molecule has 0 aliphatic carbocycles. The molecule has 0 aliphatic heterocycles. The van der Waals surface area contributed by atoms with Crippen LogP contribution in [0.5, 0.6) is 0 Å². The molecular weight excluding hydrogens is 440 g/mol. The largest absolute Gasteiger partial charge is 0.453 e. The number of nitrogens with zero attached hydrogens (tertiary/aromatic N) is 1. The van der Waals surface area contributed by atoms with Gasteiger partial charge in [0.1, 0.15) is 5.70 Å². The van der Waals surface area contributed by atoms with Crippen LogP contribution in [-0.4, -0.2) is 28.8 Å². The molecule has 3 rings (SSSR count). The molecule has 2 aromatic carbocycles. The van der Waals surface area contributed by atoms with E-state index in [1.54, 1.807) is 18.2 Å². The number of amides is 1. The van der Waals surface area contributed by atoms with Gasteiger partial charge in [0.05, 0.1) is 0 Å². The maximum Gasteiger partial charge on any atom is 0.355 e. The topological polar surface area (TPSA) is 77.4 Å². The third kappa shape index (κ3) is 6.20. The van der Waals surface area contributed by atoms with Crippen LogP contribution in [-0.2, 0) is 20.9 Å². The minimum Gasteiger partial charge on any atom is -0.453 e. The third-order valence-electron chi connectivity index (χ3n) is 5.14. The van der Waals surface area contributed by atoms with E-state index in [1.807, 2.05) is 60.9 Å². The van der Waals surface area contributed by atoms with E-state index in [9.17, 15) is 14.4 Å². The highest BCUT2D eigenvalue weighted by Gasteiger charge is 2.20. The van der Waals surface area contributed by atoms with E-state index in [0.29, 0.717) is 22.7 Å². The normalized spacial score (nSPS) is 11.2. The van der Waals surface area contributed by atoms with Crippen molar-refractivity contribution in [3.05, 3.63) is 99.5 Å². The summed E-state index contributed by atoms with van der Waals surface area (Å²) in [5, 5.41) is 3.12. The first-order valence-corrected chi connectivity index (χ1v) is 10.8. The van der Waals surface area contributed by atoms with Gasteiger partial charge in [-0.2, -0.15) is 0 Å². The predicted octanol–water partition coefficient (Wildman–Crippen LogP) is 4.71. The molecule has 0 saturated heterocycles. The number of ketones is 1. The molecule has 0 spiro atoms. The second-order valence-corrected chi connectivity index (χ2v) is 8.02. The number of carbonyl (C=O) groups excluding carboxylic acids is 3. The smallest absolute Gasteiger partial charge is 0.355 e. The first-order chi connectivity index (χ1) is 15.8. The number of Topliss-reactive ketones (excluding diaryl/α,β-unsaturated/α-hetero) is 1. The van der Waals surface area contributed by atoms with E-state index in [-0.39, 0.29) is 11.5 Å². The molecule has 170 valence electrons. The van der Waals surface area contributed by atoms with E-state index in [1.165, 1.54) is 13.0 Å². The highest BCUT2D eigenvalue weighted by Crippen LogP contribution is 2.22. The third-order valence-corrected chi connectivity index (χ3v) is 5.50. The molecule has 33 heavy (non-hydrogen) atoms. The number of hydrogen-bond donors (Lipinski definition) is 1. The van der Waals surface area contributed by atoms with Gasteiger partial charge in [-0.15, -0.1) is 0 Å². The number of halogens is 1. The van der Waals surface area contributed by atoms with Crippen LogP contribution in [0.1, 0.15) is 39.8 Å². The lowest BCUT2D eigenvalue weighted by Crippen LogP contribution is -2.27. The Morgan fingerprint density at radius 2 is 1.70 bits per heavy atom. The van der Waals surface area contributed by atoms with Crippen LogP contribution in [0.25, 0.3) is 6.08 Å². The summed E-state index contributed by atoms with van der Waals surface area (Å²) in [5.74, 6) is -1.53. The van der Waals surface area contributed by atoms with Gasteiger partial charge in [0, 0.05) is 35.4 Å². The molecule has 6 nitrogen and oxygen atoms in total. The van der Waals surface area contributed by atoms with Crippen LogP contribution in [0, 0.1) is 13.8 Å². The van der Waals surface area contributed by atoms with Crippen LogP contribution in [0.3, 0.4) is 0 Å². The minimum atomic E-state index is -0.785. The molecule has 0 unspecified atom stereocenters. The molecule has 0 bridgehead atoms. The van der Waals surface area contributed by atoms with E-state index < -0.39 is 18.5 Å². The predicted molar refractivity (Wildman–Crippen MR) is 128 cm³/mol. The Labute approximate surface area is 197 Å². The molecule has 1 amide bonds. The summed E-state index contributed by atoms with van der Waals surface area (Å²) < 4.78 is 7.23. The van der Waals surface area contributed by atoms with Crippen LogP contribution >= 0.6 is 11.6 Å². The fourth-order valence-corrected chi connectivity index (χ4v) is 3.66. The van der Waals surface area contributed by atoms with Crippen molar-refractivity contribution in [1.82, 2.24) is 9.88 Å². The number of rotatable bonds is 8. The lowest BCUT2D eigenvalue weighted by molar-refractivity contribution is -0.139. The summed E-state index contributed by atoms with van der Waals surface area (Å²) in [6, 6.07) is 18.4. The zero-order valence-electron chi connectivity index (χ0n) is 18.7. The van der Waals surface area contributed by atoms with Crippen LogP contribution in [0.2, 0.25) is 5.02 Å². The van der Waals surface area contributed by atoms with E-state index in [0.717, 1.165) is 17.0 Å².